The Balaban J connectivity index is 0. The molecule has 0 amide bonds. The van der Waals surface area contributed by atoms with E-state index in [1.54, 1.807) is 0 Å². The Morgan fingerprint density at radius 2 is 1.78 bits per heavy atom. The number of aliphatic carboxylic acids is 1. The van der Waals surface area contributed by atoms with Crippen molar-refractivity contribution in [2.45, 2.75) is 27.2 Å². The van der Waals surface area contributed by atoms with E-state index < -0.39 is 5.97 Å². The zero-order chi connectivity index (χ0) is 6.78. The molecule has 0 aliphatic heterocycles. The van der Waals surface area contributed by atoms with E-state index >= 15 is 0 Å². The molecule has 0 bridgehead atoms. The molecular formula is C6H13LiO2. The second-order valence-corrected chi connectivity index (χ2v) is 3.13. The van der Waals surface area contributed by atoms with Gasteiger partial charge in [0.05, 0.1) is 6.42 Å². The van der Waals surface area contributed by atoms with Crippen molar-refractivity contribution >= 4 is 24.8 Å². The van der Waals surface area contributed by atoms with Gasteiger partial charge in [-0.05, 0) is 5.41 Å². The van der Waals surface area contributed by atoms with Crippen molar-refractivity contribution in [3.63, 3.8) is 0 Å². The van der Waals surface area contributed by atoms with Crippen molar-refractivity contribution in [3.05, 3.63) is 0 Å². The van der Waals surface area contributed by atoms with E-state index in [0.29, 0.717) is 0 Å². The molecule has 0 atom stereocenters. The summed E-state index contributed by atoms with van der Waals surface area (Å²) in [6, 6.07) is 0. The second kappa shape index (κ2) is 3.98. The van der Waals surface area contributed by atoms with Crippen LogP contribution in [0.1, 0.15) is 27.2 Å². The van der Waals surface area contributed by atoms with Crippen LogP contribution in [0.3, 0.4) is 0 Å². The first kappa shape index (κ1) is 11.8. The Morgan fingerprint density at radius 3 is 1.78 bits per heavy atom. The summed E-state index contributed by atoms with van der Waals surface area (Å²) < 4.78 is 0. The average Bonchev–Trinajstić information content (AvgIpc) is 1.21. The Hall–Kier alpha value is 0.0674. The van der Waals surface area contributed by atoms with Crippen LogP contribution in [0.5, 0.6) is 0 Å². The molecule has 0 saturated heterocycles. The summed E-state index contributed by atoms with van der Waals surface area (Å²) in [5.74, 6) is -0.725. The minimum atomic E-state index is -0.725. The fourth-order valence-corrected chi connectivity index (χ4v) is 0.454. The van der Waals surface area contributed by atoms with Crippen molar-refractivity contribution in [1.29, 1.82) is 0 Å². The molecule has 0 aromatic heterocycles. The molecule has 0 aliphatic carbocycles. The summed E-state index contributed by atoms with van der Waals surface area (Å²) in [4.78, 5) is 10.0. The summed E-state index contributed by atoms with van der Waals surface area (Å²) >= 11 is 0. The molecule has 1 N–H and O–H groups in total. The molecule has 0 rings (SSSR count). The van der Waals surface area contributed by atoms with Crippen molar-refractivity contribution in [2.75, 3.05) is 0 Å². The van der Waals surface area contributed by atoms with Crippen LogP contribution in [0, 0.1) is 5.41 Å². The third-order valence-corrected chi connectivity index (χ3v) is 0.682. The third-order valence-electron chi connectivity index (χ3n) is 0.682. The van der Waals surface area contributed by atoms with E-state index in [1.165, 1.54) is 0 Å². The van der Waals surface area contributed by atoms with Gasteiger partial charge in [-0.1, -0.05) is 20.8 Å². The molecule has 0 aliphatic rings. The molecule has 0 heterocycles. The molecular weight excluding hydrogens is 111 g/mol. The van der Waals surface area contributed by atoms with Crippen LogP contribution in [0.4, 0.5) is 0 Å². The van der Waals surface area contributed by atoms with E-state index in [2.05, 4.69) is 0 Å². The van der Waals surface area contributed by atoms with Gasteiger partial charge in [-0.2, -0.15) is 0 Å². The van der Waals surface area contributed by atoms with Crippen molar-refractivity contribution in [1.82, 2.24) is 0 Å². The first-order valence-corrected chi connectivity index (χ1v) is 2.63. The van der Waals surface area contributed by atoms with Crippen LogP contribution in [0.15, 0.2) is 0 Å². The molecule has 9 heavy (non-hydrogen) atoms. The molecule has 2 nitrogen and oxygen atoms in total. The maximum atomic E-state index is 10.0. The Bertz CT molecular complexity index is 93.7. The van der Waals surface area contributed by atoms with Gasteiger partial charge in [0.1, 0.15) is 0 Å². The molecule has 0 radical (unpaired) electrons. The zero-order valence-electron chi connectivity index (χ0n) is 5.56. The summed E-state index contributed by atoms with van der Waals surface area (Å²) in [5.41, 5.74) is -0.0775. The summed E-state index contributed by atoms with van der Waals surface area (Å²) in [7, 11) is 0. The van der Waals surface area contributed by atoms with Gasteiger partial charge < -0.3 is 5.11 Å². The second-order valence-electron chi connectivity index (χ2n) is 3.13. The molecule has 0 fully saturated rings. The van der Waals surface area contributed by atoms with Crippen LogP contribution in [-0.2, 0) is 4.79 Å². The molecule has 0 spiro atoms. The fourth-order valence-electron chi connectivity index (χ4n) is 0.454. The standard InChI is InChI=1S/C6H12O2.Li.H/c1-6(2,3)4-5(7)8;;/h4H2,1-3H3,(H,7,8);;. The molecule has 50 valence electrons. The minimum absolute atomic E-state index is 0. The van der Waals surface area contributed by atoms with Crippen molar-refractivity contribution in [3.8, 4) is 0 Å². The normalized spacial score (nSPS) is 10.1. The third kappa shape index (κ3) is 11.6. The van der Waals surface area contributed by atoms with Gasteiger partial charge >= 0.3 is 24.8 Å². The van der Waals surface area contributed by atoms with Gasteiger partial charge in [0, 0.05) is 0 Å². The van der Waals surface area contributed by atoms with Crippen LogP contribution < -0.4 is 0 Å². The van der Waals surface area contributed by atoms with E-state index in [9.17, 15) is 4.79 Å². The number of carbonyl (C=O) groups is 1. The van der Waals surface area contributed by atoms with Crippen LogP contribution >= 0.6 is 0 Å². The maximum absolute atomic E-state index is 10.0. The topological polar surface area (TPSA) is 37.3 Å². The van der Waals surface area contributed by atoms with E-state index in [1.807, 2.05) is 20.8 Å². The van der Waals surface area contributed by atoms with Gasteiger partial charge in [-0.15, -0.1) is 0 Å². The van der Waals surface area contributed by atoms with Crippen molar-refractivity contribution < 1.29 is 9.90 Å². The zero-order valence-corrected chi connectivity index (χ0v) is 5.56. The van der Waals surface area contributed by atoms with E-state index in [4.69, 9.17) is 5.11 Å². The summed E-state index contributed by atoms with van der Waals surface area (Å²) in [6.45, 7) is 5.71. The summed E-state index contributed by atoms with van der Waals surface area (Å²) in [5, 5.41) is 8.25. The first-order chi connectivity index (χ1) is 3.42. The monoisotopic (exact) mass is 124 g/mol. The predicted octanol–water partition coefficient (Wildman–Crippen LogP) is 0.859. The number of carboxylic acid groups (broad SMARTS) is 1. The molecule has 0 unspecified atom stereocenters. The van der Waals surface area contributed by atoms with Gasteiger partial charge in [-0.3, -0.25) is 4.79 Å². The number of carboxylic acids is 1. The van der Waals surface area contributed by atoms with Gasteiger partial charge in [0.25, 0.3) is 0 Å². The Kier molecular flexibility index (Phi) is 5.22. The Morgan fingerprint density at radius 1 is 1.44 bits per heavy atom. The predicted molar refractivity (Wildman–Crippen MR) is 38.9 cm³/mol. The average molecular weight is 124 g/mol. The fraction of sp³-hybridized carbons (Fsp3) is 0.833. The Labute approximate surface area is 67.8 Å². The number of hydrogen-bond acceptors (Lipinski definition) is 1. The van der Waals surface area contributed by atoms with E-state index in [0.717, 1.165) is 0 Å². The van der Waals surface area contributed by atoms with Gasteiger partial charge in [0.15, 0.2) is 0 Å². The van der Waals surface area contributed by atoms with Crippen LogP contribution in [-0.4, -0.2) is 29.9 Å². The molecule has 0 aromatic rings. The molecule has 0 aromatic carbocycles. The molecule has 0 saturated carbocycles. The SMILES string of the molecule is CC(C)(C)CC(=O)O.[LiH]. The van der Waals surface area contributed by atoms with Gasteiger partial charge in [-0.25, -0.2) is 0 Å². The van der Waals surface area contributed by atoms with Crippen LogP contribution in [0.25, 0.3) is 0 Å². The number of hydrogen-bond donors (Lipinski definition) is 1. The quantitative estimate of drug-likeness (QED) is 0.526. The van der Waals surface area contributed by atoms with Crippen LogP contribution in [0.2, 0.25) is 0 Å². The van der Waals surface area contributed by atoms with E-state index in [-0.39, 0.29) is 30.7 Å². The van der Waals surface area contributed by atoms with Gasteiger partial charge in [0.2, 0.25) is 0 Å². The van der Waals surface area contributed by atoms with Crippen molar-refractivity contribution in [2.24, 2.45) is 5.41 Å². The number of rotatable bonds is 1. The molecule has 3 heteroatoms. The first-order valence-electron chi connectivity index (χ1n) is 2.63. The summed E-state index contributed by atoms with van der Waals surface area (Å²) in [6.07, 6.45) is 0.243.